The fraction of sp³-hybridized carbons (Fsp3) is 0.333. The lowest BCUT2D eigenvalue weighted by molar-refractivity contribution is -0.132. The van der Waals surface area contributed by atoms with Crippen molar-refractivity contribution in [2.24, 2.45) is 0 Å². The Hall–Kier alpha value is -2.04. The van der Waals surface area contributed by atoms with Crippen LogP contribution in [0.5, 0.6) is 0 Å². The van der Waals surface area contributed by atoms with E-state index in [1.807, 2.05) is 6.07 Å². The van der Waals surface area contributed by atoms with Crippen LogP contribution in [0.4, 0.5) is 5.69 Å². The van der Waals surface area contributed by atoms with Gasteiger partial charge in [0.25, 0.3) is 0 Å². The number of nitrogens with one attached hydrogen (secondary N) is 1. The maximum absolute atomic E-state index is 12.5. The molecule has 1 aliphatic rings. The van der Waals surface area contributed by atoms with Crippen molar-refractivity contribution >= 4 is 40.7 Å². The Labute approximate surface area is 169 Å². The molecule has 3 rings (SSSR count). The molecule has 2 aromatic carbocycles. The molecular weight excluding hydrogens is 383 g/mol. The van der Waals surface area contributed by atoms with Crippen molar-refractivity contribution in [2.75, 3.05) is 18.9 Å². The molecule has 0 bridgehead atoms. The molecule has 0 aromatic heterocycles. The number of aryl methyl sites for hydroxylation is 2. The molecule has 0 aliphatic heterocycles. The number of likely N-dealkylation sites (N-methyl/N-ethyl adjacent to an activating group) is 1. The molecule has 2 amide bonds. The van der Waals surface area contributed by atoms with E-state index in [0.717, 1.165) is 18.4 Å². The number of nitrogens with zero attached hydrogens (tertiary/aromatic N) is 1. The van der Waals surface area contributed by atoms with Gasteiger partial charge in [0, 0.05) is 7.05 Å². The standard InChI is InChI=1S/C21H22Cl2N2O2/c1-25(13-19(26)24-21-17(22)7-4-8-18(21)23)20(27)12-14-9-10-15-5-2-3-6-16(15)11-14/h4,7-11H,2-3,5-6,12-13H2,1H3,(H,24,26). The van der Waals surface area contributed by atoms with Gasteiger partial charge in [0.05, 0.1) is 28.7 Å². The van der Waals surface area contributed by atoms with Crippen LogP contribution in [0, 0.1) is 0 Å². The first-order valence-corrected chi connectivity index (χ1v) is 9.78. The highest BCUT2D eigenvalue weighted by Crippen LogP contribution is 2.29. The van der Waals surface area contributed by atoms with Crippen molar-refractivity contribution in [1.29, 1.82) is 0 Å². The number of rotatable bonds is 5. The van der Waals surface area contributed by atoms with E-state index >= 15 is 0 Å². The number of para-hydroxylation sites is 1. The highest BCUT2D eigenvalue weighted by Gasteiger charge is 2.17. The molecule has 0 heterocycles. The molecule has 2 aromatic rings. The van der Waals surface area contributed by atoms with Crippen molar-refractivity contribution in [3.63, 3.8) is 0 Å². The van der Waals surface area contributed by atoms with Crippen LogP contribution in [-0.4, -0.2) is 30.3 Å². The van der Waals surface area contributed by atoms with E-state index in [1.165, 1.54) is 28.9 Å². The van der Waals surface area contributed by atoms with Gasteiger partial charge in [-0.15, -0.1) is 0 Å². The highest BCUT2D eigenvalue weighted by molar-refractivity contribution is 6.39. The van der Waals surface area contributed by atoms with E-state index in [0.29, 0.717) is 15.7 Å². The maximum Gasteiger partial charge on any atom is 0.244 e. The number of hydrogen-bond acceptors (Lipinski definition) is 2. The Kier molecular flexibility index (Phi) is 6.40. The monoisotopic (exact) mass is 404 g/mol. The molecule has 0 saturated carbocycles. The largest absolute Gasteiger partial charge is 0.336 e. The van der Waals surface area contributed by atoms with Crippen LogP contribution in [0.15, 0.2) is 36.4 Å². The van der Waals surface area contributed by atoms with Crippen molar-refractivity contribution in [1.82, 2.24) is 4.90 Å². The fourth-order valence-electron chi connectivity index (χ4n) is 3.31. The third-order valence-electron chi connectivity index (χ3n) is 4.80. The maximum atomic E-state index is 12.5. The van der Waals surface area contributed by atoms with E-state index in [4.69, 9.17) is 23.2 Å². The molecule has 4 nitrogen and oxygen atoms in total. The third-order valence-corrected chi connectivity index (χ3v) is 5.43. The first-order valence-electron chi connectivity index (χ1n) is 9.02. The number of amides is 2. The summed E-state index contributed by atoms with van der Waals surface area (Å²) in [5.41, 5.74) is 4.09. The van der Waals surface area contributed by atoms with Gasteiger partial charge in [-0.25, -0.2) is 0 Å². The zero-order valence-electron chi connectivity index (χ0n) is 15.2. The molecule has 1 N–H and O–H groups in total. The van der Waals surface area contributed by atoms with E-state index in [-0.39, 0.29) is 24.8 Å². The smallest absolute Gasteiger partial charge is 0.244 e. The molecule has 6 heteroatoms. The second kappa shape index (κ2) is 8.77. The van der Waals surface area contributed by atoms with Crippen LogP contribution in [-0.2, 0) is 28.9 Å². The van der Waals surface area contributed by atoms with Gasteiger partial charge in [-0.05, 0) is 54.5 Å². The van der Waals surface area contributed by atoms with Gasteiger partial charge in [-0.2, -0.15) is 0 Å². The van der Waals surface area contributed by atoms with Crippen LogP contribution < -0.4 is 5.32 Å². The van der Waals surface area contributed by atoms with Crippen LogP contribution >= 0.6 is 23.2 Å². The molecule has 0 saturated heterocycles. The Morgan fingerprint density at radius 1 is 1.04 bits per heavy atom. The molecular formula is C21H22Cl2N2O2. The molecule has 0 spiro atoms. The minimum absolute atomic E-state index is 0.0642. The summed E-state index contributed by atoms with van der Waals surface area (Å²) < 4.78 is 0. The molecule has 1 aliphatic carbocycles. The summed E-state index contributed by atoms with van der Waals surface area (Å²) >= 11 is 12.1. The predicted octanol–water partition coefficient (Wildman–Crippen LogP) is 4.51. The van der Waals surface area contributed by atoms with Gasteiger partial charge in [-0.1, -0.05) is 47.5 Å². The molecule has 0 fully saturated rings. The number of carbonyl (C=O) groups excluding carboxylic acids is 2. The number of halogens is 2. The summed E-state index contributed by atoms with van der Waals surface area (Å²) in [6, 6.07) is 11.3. The van der Waals surface area contributed by atoms with Gasteiger partial charge >= 0.3 is 0 Å². The Balaban J connectivity index is 1.58. The normalized spacial score (nSPS) is 13.0. The lowest BCUT2D eigenvalue weighted by Crippen LogP contribution is -2.35. The van der Waals surface area contributed by atoms with E-state index in [9.17, 15) is 9.59 Å². The van der Waals surface area contributed by atoms with Crippen LogP contribution in [0.2, 0.25) is 10.0 Å². The number of carbonyl (C=O) groups is 2. The predicted molar refractivity (Wildman–Crippen MR) is 110 cm³/mol. The summed E-state index contributed by atoms with van der Waals surface area (Å²) in [4.78, 5) is 26.2. The second-order valence-electron chi connectivity index (χ2n) is 6.88. The number of benzene rings is 2. The van der Waals surface area contributed by atoms with Gasteiger partial charge < -0.3 is 10.2 Å². The van der Waals surface area contributed by atoms with Crippen molar-refractivity contribution in [3.05, 3.63) is 63.1 Å². The lowest BCUT2D eigenvalue weighted by Gasteiger charge is -2.19. The van der Waals surface area contributed by atoms with Gasteiger partial charge in [-0.3, -0.25) is 9.59 Å². The SMILES string of the molecule is CN(CC(=O)Nc1c(Cl)cccc1Cl)C(=O)Cc1ccc2c(c1)CCCC2. The van der Waals surface area contributed by atoms with Crippen molar-refractivity contribution in [3.8, 4) is 0 Å². The Morgan fingerprint density at radius 3 is 2.41 bits per heavy atom. The summed E-state index contributed by atoms with van der Waals surface area (Å²) in [5.74, 6) is -0.447. The van der Waals surface area contributed by atoms with Crippen LogP contribution in [0.3, 0.4) is 0 Å². The fourth-order valence-corrected chi connectivity index (χ4v) is 3.80. The minimum atomic E-state index is -0.341. The topological polar surface area (TPSA) is 49.4 Å². The van der Waals surface area contributed by atoms with Gasteiger partial charge in [0.1, 0.15) is 0 Å². The van der Waals surface area contributed by atoms with Crippen LogP contribution in [0.1, 0.15) is 29.5 Å². The lowest BCUT2D eigenvalue weighted by atomic mass is 9.90. The average molecular weight is 405 g/mol. The van der Waals surface area contributed by atoms with Crippen LogP contribution in [0.25, 0.3) is 0 Å². The highest BCUT2D eigenvalue weighted by atomic mass is 35.5. The Morgan fingerprint density at radius 2 is 1.70 bits per heavy atom. The second-order valence-corrected chi connectivity index (χ2v) is 7.70. The Bertz CT molecular complexity index is 847. The number of hydrogen-bond donors (Lipinski definition) is 1. The minimum Gasteiger partial charge on any atom is -0.336 e. The zero-order valence-corrected chi connectivity index (χ0v) is 16.7. The summed E-state index contributed by atoms with van der Waals surface area (Å²) in [5, 5.41) is 3.39. The summed E-state index contributed by atoms with van der Waals surface area (Å²) in [6.07, 6.45) is 4.92. The van der Waals surface area contributed by atoms with Gasteiger partial charge in [0.15, 0.2) is 0 Å². The van der Waals surface area contributed by atoms with E-state index < -0.39 is 0 Å². The zero-order chi connectivity index (χ0) is 19.4. The first kappa shape index (κ1) is 19.7. The molecule has 0 radical (unpaired) electrons. The third kappa shape index (κ3) is 5.02. The van der Waals surface area contributed by atoms with Gasteiger partial charge in [0.2, 0.25) is 11.8 Å². The molecule has 0 atom stereocenters. The molecule has 27 heavy (non-hydrogen) atoms. The number of anilines is 1. The average Bonchev–Trinajstić information content (AvgIpc) is 2.64. The molecule has 142 valence electrons. The van der Waals surface area contributed by atoms with E-state index in [2.05, 4.69) is 17.4 Å². The summed E-state index contributed by atoms with van der Waals surface area (Å²) in [7, 11) is 1.62. The van der Waals surface area contributed by atoms with Crippen molar-refractivity contribution < 1.29 is 9.59 Å². The van der Waals surface area contributed by atoms with Crippen molar-refractivity contribution in [2.45, 2.75) is 32.1 Å². The first-order chi connectivity index (χ1) is 12.9. The quantitative estimate of drug-likeness (QED) is 0.796. The number of fused-ring (bicyclic) bond motifs is 1. The molecule has 0 unspecified atom stereocenters. The summed E-state index contributed by atoms with van der Waals surface area (Å²) in [6.45, 7) is -0.0642. The van der Waals surface area contributed by atoms with E-state index in [1.54, 1.807) is 25.2 Å².